The maximum absolute atomic E-state index is 12.8. The van der Waals surface area contributed by atoms with Gasteiger partial charge >= 0.3 is 0 Å². The SMILES string of the molecule is Cc1cc(Cl)cc2c1CN(C)CC2c1cccc(NC(=O)CCOCCOCCOCCCC(=O)[C@H](O)[C@@H](O)C(=O)NCCOCCOCCOCCC(=O)Cc2cccc(C3CN(C)Cc4c(Cl)cc(Cl)cc43)c2)c1. The highest BCUT2D eigenvalue weighted by molar-refractivity contribution is 6.35. The summed E-state index contributed by atoms with van der Waals surface area (Å²) in [4.78, 5) is 54.7. The number of halogens is 3. The van der Waals surface area contributed by atoms with Crippen molar-refractivity contribution >= 4 is 63.9 Å². The van der Waals surface area contributed by atoms with E-state index in [-0.39, 0.29) is 102 Å². The molecule has 0 spiro atoms. The van der Waals surface area contributed by atoms with Crippen molar-refractivity contribution in [3.8, 4) is 0 Å². The predicted molar refractivity (Wildman–Crippen MR) is 293 cm³/mol. The lowest BCUT2D eigenvalue weighted by molar-refractivity contribution is -0.145. The lowest BCUT2D eigenvalue weighted by Gasteiger charge is -2.34. The number of carbonyl (C=O) groups excluding carboxylic acids is 4. The molecule has 6 rings (SSSR count). The highest BCUT2D eigenvalue weighted by Crippen LogP contribution is 2.39. The minimum Gasteiger partial charge on any atom is -0.382 e. The first kappa shape index (κ1) is 60.9. The van der Waals surface area contributed by atoms with Crippen LogP contribution in [0.1, 0.15) is 82.0 Å². The van der Waals surface area contributed by atoms with E-state index in [1.54, 1.807) is 6.07 Å². The van der Waals surface area contributed by atoms with Gasteiger partial charge in [-0.25, -0.2) is 0 Å². The number of hydrogen-bond donors (Lipinski definition) is 4. The van der Waals surface area contributed by atoms with Crippen molar-refractivity contribution in [3.63, 3.8) is 0 Å². The van der Waals surface area contributed by atoms with Crippen LogP contribution in [0.3, 0.4) is 0 Å². The normalized spacial score (nSPS) is 16.4. The summed E-state index contributed by atoms with van der Waals surface area (Å²) >= 11 is 19.4. The average Bonchev–Trinajstić information content (AvgIpc) is 3.41. The van der Waals surface area contributed by atoms with Gasteiger partial charge in [-0.15, -0.1) is 0 Å². The monoisotopic (exact) mass is 1110 g/mol. The first-order valence-corrected chi connectivity index (χ1v) is 27.1. The number of ketones is 2. The third-order valence-corrected chi connectivity index (χ3v) is 14.0. The molecule has 2 aliphatic heterocycles. The minimum atomic E-state index is -1.92. The van der Waals surface area contributed by atoms with E-state index in [0.717, 1.165) is 64.7 Å². The molecule has 0 saturated heterocycles. The Morgan fingerprint density at radius 1 is 0.618 bits per heavy atom. The molecule has 4 aromatic carbocycles. The molecule has 0 aliphatic carbocycles. The number of nitrogens with zero attached hydrogens (tertiary/aromatic N) is 2. The number of hydrogen-bond acceptors (Lipinski definition) is 14. The third kappa shape index (κ3) is 19.5. The molecule has 0 aromatic heterocycles. The molecule has 4 atom stereocenters. The van der Waals surface area contributed by atoms with E-state index in [1.807, 2.05) is 42.5 Å². The van der Waals surface area contributed by atoms with Crippen LogP contribution in [0.5, 0.6) is 0 Å². The van der Waals surface area contributed by atoms with Crippen molar-refractivity contribution in [2.75, 3.05) is 118 Å². The molecular formula is C57H73Cl3N4O12. The molecule has 0 bridgehead atoms. The number of anilines is 1. The Kier molecular flexibility index (Phi) is 25.5. The summed E-state index contributed by atoms with van der Waals surface area (Å²) in [6, 6.07) is 23.9. The molecule has 2 unspecified atom stereocenters. The maximum Gasteiger partial charge on any atom is 0.252 e. The fraction of sp³-hybridized carbons (Fsp3) is 0.509. The molecule has 0 saturated carbocycles. The summed E-state index contributed by atoms with van der Waals surface area (Å²) < 4.78 is 33.2. The van der Waals surface area contributed by atoms with Crippen LogP contribution in [-0.4, -0.2) is 169 Å². The number of benzene rings is 4. The zero-order chi connectivity index (χ0) is 54.4. The smallest absolute Gasteiger partial charge is 0.252 e. The average molecular weight is 1110 g/mol. The number of carbonyl (C=O) groups is 4. The van der Waals surface area contributed by atoms with Crippen molar-refractivity contribution in [2.24, 2.45) is 0 Å². The predicted octanol–water partition coefficient (Wildman–Crippen LogP) is 6.93. The van der Waals surface area contributed by atoms with Gasteiger partial charge in [0, 0.05) is 91.2 Å². The molecule has 2 heterocycles. The lowest BCUT2D eigenvalue weighted by atomic mass is 9.83. The Hall–Kier alpha value is -4.37. The van der Waals surface area contributed by atoms with Gasteiger partial charge in [0.15, 0.2) is 11.9 Å². The van der Waals surface area contributed by atoms with Crippen LogP contribution < -0.4 is 10.6 Å². The first-order chi connectivity index (χ1) is 36.7. The number of aryl methyl sites for hydroxylation is 1. The number of amides is 2. The number of ether oxygens (including phenoxy) is 6. The maximum atomic E-state index is 12.8. The number of likely N-dealkylation sites (N-methyl/N-ethyl adjacent to an activating group) is 2. The second-order valence-corrected chi connectivity index (χ2v) is 20.6. The standard InChI is InChI=1S/C57H73Cl3N4O12/c1-38-27-42(58)31-46-48(38)34-63(2)36-50(46)41-9-5-10-44(30-41)62-54(67)13-17-73-21-25-75-23-19-71-15-6-11-53(66)55(68)56(69)57(70)61-14-18-74-22-26-76-24-20-72-16-12-45(65)29-39-7-4-8-40(28-39)49-35-64(3)37-51-47(49)32-43(59)33-52(51)60/h4-5,7-10,27-28,30-33,49-50,55-56,68-69H,6,11-26,29,34-37H2,1-3H3,(H,61,70)(H,62,67)/t49?,50?,55-,56+/m0/s1. The molecule has 414 valence electrons. The summed E-state index contributed by atoms with van der Waals surface area (Å²) in [6.07, 6.45) is -2.84. The van der Waals surface area contributed by atoms with Crippen LogP contribution in [0.15, 0.2) is 72.8 Å². The number of Topliss-reactive ketones (excluding diaryl/α,β-unsaturated/α-hetero) is 2. The Morgan fingerprint density at radius 2 is 1.16 bits per heavy atom. The van der Waals surface area contributed by atoms with Gasteiger partial charge in [-0.1, -0.05) is 71.2 Å². The van der Waals surface area contributed by atoms with Gasteiger partial charge in [0.25, 0.3) is 5.91 Å². The van der Waals surface area contributed by atoms with Gasteiger partial charge in [0.05, 0.1) is 79.1 Å². The van der Waals surface area contributed by atoms with E-state index >= 15 is 0 Å². The quantitative estimate of drug-likeness (QED) is 0.0359. The summed E-state index contributed by atoms with van der Waals surface area (Å²) in [5.74, 6) is -1.42. The van der Waals surface area contributed by atoms with Crippen molar-refractivity contribution in [2.45, 2.75) is 76.2 Å². The molecular weight excluding hydrogens is 1040 g/mol. The summed E-state index contributed by atoms with van der Waals surface area (Å²) in [5.41, 5.74) is 9.80. The molecule has 0 fully saturated rings. The van der Waals surface area contributed by atoms with Crippen molar-refractivity contribution in [1.82, 2.24) is 15.1 Å². The summed E-state index contributed by atoms with van der Waals surface area (Å²) in [5, 5.41) is 27.9. The van der Waals surface area contributed by atoms with Gasteiger partial charge in [-0.2, -0.15) is 0 Å². The largest absolute Gasteiger partial charge is 0.382 e. The fourth-order valence-electron chi connectivity index (χ4n) is 9.38. The molecule has 2 amide bonds. The van der Waals surface area contributed by atoms with Crippen LogP contribution >= 0.6 is 34.8 Å². The number of nitrogens with one attached hydrogen (secondary N) is 2. The zero-order valence-electron chi connectivity index (χ0n) is 43.8. The van der Waals surface area contributed by atoms with Gasteiger partial charge in [-0.3, -0.25) is 19.2 Å². The molecule has 4 aromatic rings. The lowest BCUT2D eigenvalue weighted by Crippen LogP contribution is -2.46. The van der Waals surface area contributed by atoms with Crippen LogP contribution in [0.2, 0.25) is 15.1 Å². The van der Waals surface area contributed by atoms with Gasteiger partial charge in [0.1, 0.15) is 11.9 Å². The number of aliphatic hydroxyl groups excluding tert-OH is 2. The molecule has 76 heavy (non-hydrogen) atoms. The Morgan fingerprint density at radius 3 is 1.82 bits per heavy atom. The van der Waals surface area contributed by atoms with Crippen molar-refractivity contribution < 1.29 is 57.8 Å². The van der Waals surface area contributed by atoms with Gasteiger partial charge in [-0.05, 0) is 108 Å². The molecule has 19 heteroatoms. The Labute approximate surface area is 461 Å². The fourth-order valence-corrected chi connectivity index (χ4v) is 10.2. The molecule has 2 aliphatic rings. The second kappa shape index (κ2) is 31.9. The summed E-state index contributed by atoms with van der Waals surface area (Å²) in [6.45, 7) is 8.61. The summed E-state index contributed by atoms with van der Waals surface area (Å²) in [7, 11) is 4.18. The third-order valence-electron chi connectivity index (χ3n) is 13.2. The Bertz CT molecular complexity index is 2360. The van der Waals surface area contributed by atoms with E-state index < -0.39 is 23.9 Å². The highest BCUT2D eigenvalue weighted by Gasteiger charge is 2.31. The van der Waals surface area contributed by atoms with E-state index in [1.165, 1.54) is 16.7 Å². The number of aliphatic hydroxyl groups is 2. The van der Waals surface area contributed by atoms with E-state index in [0.29, 0.717) is 49.5 Å². The van der Waals surface area contributed by atoms with Crippen molar-refractivity contribution in [3.05, 3.63) is 132 Å². The zero-order valence-corrected chi connectivity index (χ0v) is 46.1. The molecule has 4 N–H and O–H groups in total. The minimum absolute atomic E-state index is 0.0505. The Balaban J connectivity index is 0.703. The van der Waals surface area contributed by atoms with E-state index in [2.05, 4.69) is 65.7 Å². The van der Waals surface area contributed by atoms with Gasteiger partial charge < -0.3 is 59.1 Å². The number of rotatable bonds is 33. The molecule has 16 nitrogen and oxygen atoms in total. The number of fused-ring (bicyclic) bond motifs is 2. The highest BCUT2D eigenvalue weighted by atomic mass is 35.5. The van der Waals surface area contributed by atoms with E-state index in [9.17, 15) is 29.4 Å². The van der Waals surface area contributed by atoms with Crippen molar-refractivity contribution in [1.29, 1.82) is 0 Å². The van der Waals surface area contributed by atoms with Crippen LogP contribution in [0, 0.1) is 6.92 Å². The van der Waals surface area contributed by atoms with Crippen LogP contribution in [0.25, 0.3) is 0 Å². The van der Waals surface area contributed by atoms with Crippen LogP contribution in [-0.2, 0) is 67.1 Å². The van der Waals surface area contributed by atoms with E-state index in [4.69, 9.17) is 63.2 Å². The van der Waals surface area contributed by atoms with Gasteiger partial charge in [0.2, 0.25) is 5.91 Å². The topological polar surface area (TPSA) is 195 Å². The first-order valence-electron chi connectivity index (χ1n) is 25.9. The second-order valence-electron chi connectivity index (χ2n) is 19.3. The van der Waals surface area contributed by atoms with Crippen LogP contribution in [0.4, 0.5) is 5.69 Å². The molecule has 0 radical (unpaired) electrons.